The summed E-state index contributed by atoms with van der Waals surface area (Å²) in [5, 5.41) is 19.9. The van der Waals surface area contributed by atoms with Gasteiger partial charge in [-0.3, -0.25) is 9.78 Å². The van der Waals surface area contributed by atoms with E-state index >= 15 is 0 Å². The number of furan rings is 1. The maximum absolute atomic E-state index is 12.0. The molecular weight excluding hydrogens is 358 g/mol. The Kier molecular flexibility index (Phi) is 7.57. The fraction of sp³-hybridized carbons (Fsp3) is 0.450. The molecule has 0 spiro atoms. The summed E-state index contributed by atoms with van der Waals surface area (Å²) in [6.07, 6.45) is 3.15. The highest BCUT2D eigenvalue weighted by Gasteiger charge is 2.27. The molecule has 28 heavy (non-hydrogen) atoms. The van der Waals surface area contributed by atoms with E-state index in [9.17, 15) is 9.90 Å². The van der Waals surface area contributed by atoms with Gasteiger partial charge in [0.15, 0.2) is 5.96 Å². The van der Waals surface area contributed by atoms with E-state index in [1.54, 1.807) is 25.3 Å². The molecule has 1 unspecified atom stereocenters. The first kappa shape index (κ1) is 21.4. The summed E-state index contributed by atoms with van der Waals surface area (Å²) < 4.78 is 5.51. The molecule has 2 heterocycles. The minimum Gasteiger partial charge on any atom is -0.466 e. The van der Waals surface area contributed by atoms with Crippen LogP contribution in [0.1, 0.15) is 41.3 Å². The van der Waals surface area contributed by atoms with Crippen molar-refractivity contribution in [3.8, 4) is 0 Å². The van der Waals surface area contributed by atoms with Crippen molar-refractivity contribution >= 4 is 11.9 Å². The zero-order valence-electron chi connectivity index (χ0n) is 16.9. The van der Waals surface area contributed by atoms with Crippen LogP contribution in [0.3, 0.4) is 0 Å². The number of pyridine rings is 1. The molecule has 8 nitrogen and oxygen atoms in total. The van der Waals surface area contributed by atoms with Gasteiger partial charge in [-0.25, -0.2) is 4.99 Å². The van der Waals surface area contributed by atoms with E-state index in [0.717, 1.165) is 11.3 Å². The average Bonchev–Trinajstić information content (AvgIpc) is 3.02. The number of rotatable bonds is 8. The average molecular weight is 387 g/mol. The number of carbonyl (C=O) groups is 1. The molecule has 1 amide bonds. The molecule has 1 atom stereocenters. The molecule has 0 bridgehead atoms. The van der Waals surface area contributed by atoms with Crippen molar-refractivity contribution in [2.24, 2.45) is 4.99 Å². The fourth-order valence-electron chi connectivity index (χ4n) is 2.78. The number of nitrogens with zero attached hydrogens (tertiary/aromatic N) is 2. The van der Waals surface area contributed by atoms with Gasteiger partial charge in [0.1, 0.15) is 17.1 Å². The third-order valence-corrected chi connectivity index (χ3v) is 4.14. The van der Waals surface area contributed by atoms with Gasteiger partial charge >= 0.3 is 0 Å². The molecule has 2 aromatic rings. The molecule has 2 aromatic heterocycles. The lowest BCUT2D eigenvalue weighted by molar-refractivity contribution is 0.0657. The summed E-state index contributed by atoms with van der Waals surface area (Å²) >= 11 is 0. The van der Waals surface area contributed by atoms with Crippen molar-refractivity contribution in [1.82, 2.24) is 20.9 Å². The second-order valence-electron chi connectivity index (χ2n) is 6.72. The van der Waals surface area contributed by atoms with Crippen LogP contribution >= 0.6 is 0 Å². The van der Waals surface area contributed by atoms with Gasteiger partial charge in [0, 0.05) is 37.6 Å². The van der Waals surface area contributed by atoms with Crippen LogP contribution in [0.25, 0.3) is 0 Å². The molecule has 0 saturated heterocycles. The van der Waals surface area contributed by atoms with Crippen molar-refractivity contribution in [2.45, 2.75) is 33.3 Å². The van der Waals surface area contributed by atoms with Crippen LogP contribution in [0.15, 0.2) is 40.0 Å². The number of aliphatic imine (C=N–C) groups is 1. The van der Waals surface area contributed by atoms with Gasteiger partial charge in [-0.2, -0.15) is 0 Å². The van der Waals surface area contributed by atoms with E-state index in [-0.39, 0.29) is 12.5 Å². The van der Waals surface area contributed by atoms with Gasteiger partial charge in [0.05, 0.1) is 12.1 Å². The summed E-state index contributed by atoms with van der Waals surface area (Å²) in [7, 11) is 0. The Hall–Kier alpha value is -2.87. The summed E-state index contributed by atoms with van der Waals surface area (Å²) in [5.41, 5.74) is 0.108. The molecule has 0 aromatic carbocycles. The number of carbonyl (C=O) groups excluding carboxylic acids is 1. The molecule has 8 heteroatoms. The third-order valence-electron chi connectivity index (χ3n) is 4.14. The highest BCUT2D eigenvalue weighted by atomic mass is 16.3. The van der Waals surface area contributed by atoms with Crippen LogP contribution in [-0.4, -0.2) is 48.1 Å². The Bertz CT molecular complexity index is 799. The Morgan fingerprint density at radius 3 is 2.64 bits per heavy atom. The fourth-order valence-corrected chi connectivity index (χ4v) is 2.78. The second kappa shape index (κ2) is 9.89. The largest absolute Gasteiger partial charge is 0.466 e. The summed E-state index contributed by atoms with van der Waals surface area (Å²) in [4.78, 5) is 20.4. The number of hydrogen-bond donors (Lipinski definition) is 4. The van der Waals surface area contributed by atoms with Crippen molar-refractivity contribution in [1.29, 1.82) is 0 Å². The quantitative estimate of drug-likeness (QED) is 0.310. The molecule has 0 aliphatic rings. The number of nitrogens with one attached hydrogen (secondary N) is 3. The zero-order valence-corrected chi connectivity index (χ0v) is 16.9. The lowest BCUT2D eigenvalue weighted by Gasteiger charge is -2.21. The normalized spacial score (nSPS) is 13.7. The summed E-state index contributed by atoms with van der Waals surface area (Å²) in [5.74, 6) is 1.83. The number of aromatic nitrogens is 1. The lowest BCUT2D eigenvalue weighted by atomic mass is 9.96. The molecule has 152 valence electrons. The van der Waals surface area contributed by atoms with E-state index in [1.807, 2.05) is 26.8 Å². The molecular formula is C20H29N5O3. The number of aliphatic hydroxyl groups is 1. The predicted octanol–water partition coefficient (Wildman–Crippen LogP) is 1.48. The van der Waals surface area contributed by atoms with Crippen molar-refractivity contribution in [3.63, 3.8) is 0 Å². The van der Waals surface area contributed by atoms with Gasteiger partial charge in [-0.1, -0.05) is 0 Å². The van der Waals surface area contributed by atoms with E-state index in [4.69, 9.17) is 4.42 Å². The third kappa shape index (κ3) is 6.09. The Morgan fingerprint density at radius 1 is 1.29 bits per heavy atom. The molecule has 0 radical (unpaired) electrons. The van der Waals surface area contributed by atoms with Crippen LogP contribution < -0.4 is 16.0 Å². The van der Waals surface area contributed by atoms with Crippen LogP contribution in [-0.2, 0) is 5.60 Å². The SMILES string of the molecule is CCNC(=NCC(C)(O)c1cc(C)oc1C)NCCNC(=O)c1cccnc1. The Balaban J connectivity index is 1.88. The number of guanidine groups is 1. The molecule has 0 fully saturated rings. The first-order valence-electron chi connectivity index (χ1n) is 9.33. The Morgan fingerprint density at radius 2 is 2.04 bits per heavy atom. The van der Waals surface area contributed by atoms with Crippen molar-refractivity contribution < 1.29 is 14.3 Å². The topological polar surface area (TPSA) is 112 Å². The second-order valence-corrected chi connectivity index (χ2v) is 6.72. The number of amides is 1. The van der Waals surface area contributed by atoms with Crippen LogP contribution in [0, 0.1) is 13.8 Å². The van der Waals surface area contributed by atoms with Gasteiger partial charge < -0.3 is 25.5 Å². The van der Waals surface area contributed by atoms with Gasteiger partial charge in [-0.15, -0.1) is 0 Å². The minimum atomic E-state index is -1.14. The molecule has 0 saturated carbocycles. The van der Waals surface area contributed by atoms with Gasteiger partial charge in [0.25, 0.3) is 5.91 Å². The van der Waals surface area contributed by atoms with Gasteiger partial charge in [-0.05, 0) is 45.9 Å². The predicted molar refractivity (Wildman–Crippen MR) is 108 cm³/mol. The van der Waals surface area contributed by atoms with E-state index in [1.165, 1.54) is 6.20 Å². The first-order chi connectivity index (χ1) is 13.3. The Labute approximate surface area is 165 Å². The summed E-state index contributed by atoms with van der Waals surface area (Å²) in [6, 6.07) is 5.26. The maximum Gasteiger partial charge on any atom is 0.252 e. The van der Waals surface area contributed by atoms with Crippen LogP contribution in [0.2, 0.25) is 0 Å². The first-order valence-corrected chi connectivity index (χ1v) is 9.33. The summed E-state index contributed by atoms with van der Waals surface area (Å²) in [6.45, 7) is 9.12. The highest BCUT2D eigenvalue weighted by molar-refractivity contribution is 5.93. The van der Waals surface area contributed by atoms with E-state index in [2.05, 4.69) is 25.9 Å². The molecule has 0 aliphatic heterocycles. The monoisotopic (exact) mass is 387 g/mol. The molecule has 2 rings (SSSR count). The standard InChI is InChI=1S/C20H29N5O3/c1-5-22-19(24-10-9-23-18(26)16-7-6-8-21-12-16)25-13-20(4,27)17-11-14(2)28-15(17)3/h6-8,11-12,27H,5,9-10,13H2,1-4H3,(H,23,26)(H2,22,24,25). The maximum atomic E-state index is 12.0. The van der Waals surface area contributed by atoms with Crippen molar-refractivity contribution in [3.05, 3.63) is 53.2 Å². The highest BCUT2D eigenvalue weighted by Crippen LogP contribution is 2.27. The minimum absolute atomic E-state index is 0.171. The van der Waals surface area contributed by atoms with Gasteiger partial charge in [0.2, 0.25) is 0 Å². The van der Waals surface area contributed by atoms with Crippen LogP contribution in [0.5, 0.6) is 0 Å². The molecule has 0 aliphatic carbocycles. The van der Waals surface area contributed by atoms with E-state index in [0.29, 0.717) is 36.9 Å². The van der Waals surface area contributed by atoms with Crippen LogP contribution in [0.4, 0.5) is 0 Å². The smallest absolute Gasteiger partial charge is 0.252 e. The van der Waals surface area contributed by atoms with Crippen molar-refractivity contribution in [2.75, 3.05) is 26.2 Å². The number of aryl methyl sites for hydroxylation is 2. The lowest BCUT2D eigenvalue weighted by Crippen LogP contribution is -2.42. The number of hydrogen-bond acceptors (Lipinski definition) is 5. The zero-order chi connectivity index (χ0) is 20.6. The van der Waals surface area contributed by atoms with E-state index < -0.39 is 5.60 Å². The molecule has 4 N–H and O–H groups in total.